The molecule has 0 fully saturated rings. The maximum absolute atomic E-state index is 11.4. The van der Waals surface area contributed by atoms with Gasteiger partial charge in [-0.3, -0.25) is 4.68 Å². The zero-order chi connectivity index (χ0) is 15.1. The maximum atomic E-state index is 11.4. The van der Waals surface area contributed by atoms with E-state index in [1.54, 1.807) is 6.07 Å². The number of rotatable bonds is 3. The zero-order valence-corrected chi connectivity index (χ0v) is 12.5. The summed E-state index contributed by atoms with van der Waals surface area (Å²) >= 11 is 0. The van der Waals surface area contributed by atoms with E-state index in [1.165, 1.54) is 12.1 Å². The van der Waals surface area contributed by atoms with Crippen LogP contribution in [-0.4, -0.2) is 27.4 Å². The molecule has 0 saturated heterocycles. The summed E-state index contributed by atoms with van der Waals surface area (Å²) in [5.41, 5.74) is 4.87. The number of nitrogens with zero attached hydrogens (tertiary/aromatic N) is 3. The van der Waals surface area contributed by atoms with Crippen LogP contribution >= 0.6 is 0 Å². The van der Waals surface area contributed by atoms with Gasteiger partial charge in [-0.25, -0.2) is 4.79 Å². The Morgan fingerprint density at radius 2 is 2.09 bits per heavy atom. The molecule has 22 heavy (non-hydrogen) atoms. The first-order valence-corrected chi connectivity index (χ1v) is 7.88. The number of fused-ring (bicyclic) bond motifs is 2. The molecule has 0 bridgehead atoms. The molecule has 1 aromatic carbocycles. The summed E-state index contributed by atoms with van der Waals surface area (Å²) in [4.78, 5) is 13.7. The van der Waals surface area contributed by atoms with Crippen LogP contribution in [0.1, 0.15) is 40.2 Å². The van der Waals surface area contributed by atoms with Crippen molar-refractivity contribution in [2.45, 2.75) is 38.8 Å². The average Bonchev–Trinajstić information content (AvgIpc) is 3.08. The van der Waals surface area contributed by atoms with Crippen LogP contribution in [0.2, 0.25) is 0 Å². The summed E-state index contributed by atoms with van der Waals surface area (Å²) in [6, 6.07) is 7.77. The lowest BCUT2D eigenvalue weighted by Gasteiger charge is -2.31. The Labute approximate surface area is 129 Å². The van der Waals surface area contributed by atoms with Gasteiger partial charge in [-0.15, -0.1) is 0 Å². The molecule has 2 aliphatic rings. The first kappa shape index (κ1) is 13.4. The maximum Gasteiger partial charge on any atom is 0.336 e. The Balaban J connectivity index is 1.64. The molecule has 0 unspecified atom stereocenters. The van der Waals surface area contributed by atoms with Crippen LogP contribution in [0.4, 0.5) is 5.69 Å². The van der Waals surface area contributed by atoms with Crippen molar-refractivity contribution in [3.05, 3.63) is 46.8 Å². The summed E-state index contributed by atoms with van der Waals surface area (Å²) in [5, 5.41) is 14.0. The number of benzene rings is 1. The van der Waals surface area contributed by atoms with E-state index in [4.69, 9.17) is 0 Å². The highest BCUT2D eigenvalue weighted by Gasteiger charge is 2.23. The fourth-order valence-corrected chi connectivity index (χ4v) is 3.66. The number of carboxylic acid groups (broad SMARTS) is 1. The van der Waals surface area contributed by atoms with Crippen molar-refractivity contribution in [3.63, 3.8) is 0 Å². The number of hydrogen-bond donors (Lipinski definition) is 1. The van der Waals surface area contributed by atoms with Crippen molar-refractivity contribution in [2.24, 2.45) is 0 Å². The quantitative estimate of drug-likeness (QED) is 0.945. The minimum atomic E-state index is -0.834. The molecule has 1 N–H and O–H groups in total. The predicted octanol–water partition coefficient (Wildman–Crippen LogP) is 2.48. The normalized spacial score (nSPS) is 16.5. The Kier molecular flexibility index (Phi) is 3.13. The lowest BCUT2D eigenvalue weighted by atomic mass is 9.96. The van der Waals surface area contributed by atoms with Gasteiger partial charge in [-0.05, 0) is 49.4 Å². The zero-order valence-electron chi connectivity index (χ0n) is 12.5. The highest BCUT2D eigenvalue weighted by atomic mass is 16.4. The topological polar surface area (TPSA) is 58.4 Å². The molecular weight excluding hydrogens is 278 g/mol. The molecule has 0 atom stereocenters. The minimum Gasteiger partial charge on any atom is -0.478 e. The Morgan fingerprint density at radius 3 is 2.91 bits per heavy atom. The van der Waals surface area contributed by atoms with E-state index in [0.29, 0.717) is 5.56 Å². The number of carbonyl (C=O) groups is 1. The molecule has 0 aliphatic carbocycles. The summed E-state index contributed by atoms with van der Waals surface area (Å²) in [7, 11) is 0. The van der Waals surface area contributed by atoms with E-state index < -0.39 is 5.97 Å². The SMILES string of the molecule is O=C(O)c1cccc2c1CCCN2Cc1cc2n(n1)CCC2. The second-order valence-electron chi connectivity index (χ2n) is 6.09. The predicted molar refractivity (Wildman–Crippen MR) is 83.3 cm³/mol. The number of hydrogen-bond acceptors (Lipinski definition) is 3. The van der Waals surface area contributed by atoms with Crippen molar-refractivity contribution in [2.75, 3.05) is 11.4 Å². The molecule has 2 aliphatic heterocycles. The minimum absolute atomic E-state index is 0.439. The average molecular weight is 297 g/mol. The molecule has 5 heteroatoms. The molecule has 3 heterocycles. The van der Waals surface area contributed by atoms with E-state index in [2.05, 4.69) is 20.7 Å². The Hall–Kier alpha value is -2.30. The molecule has 0 amide bonds. The fraction of sp³-hybridized carbons (Fsp3) is 0.412. The van der Waals surface area contributed by atoms with Crippen molar-refractivity contribution < 1.29 is 9.90 Å². The number of carboxylic acids is 1. The largest absolute Gasteiger partial charge is 0.478 e. The Bertz CT molecular complexity index is 714. The summed E-state index contributed by atoms with van der Waals surface area (Å²) < 4.78 is 2.11. The van der Waals surface area contributed by atoms with Crippen LogP contribution in [0.3, 0.4) is 0 Å². The van der Waals surface area contributed by atoms with Crippen LogP contribution < -0.4 is 4.90 Å². The van der Waals surface area contributed by atoms with E-state index in [9.17, 15) is 9.90 Å². The van der Waals surface area contributed by atoms with Gasteiger partial charge < -0.3 is 10.0 Å². The van der Waals surface area contributed by atoms with Gasteiger partial charge in [0, 0.05) is 24.5 Å². The molecule has 5 nitrogen and oxygen atoms in total. The highest BCUT2D eigenvalue weighted by Crippen LogP contribution is 2.31. The highest BCUT2D eigenvalue weighted by molar-refractivity contribution is 5.91. The lowest BCUT2D eigenvalue weighted by Crippen LogP contribution is -2.30. The van der Waals surface area contributed by atoms with E-state index >= 15 is 0 Å². The van der Waals surface area contributed by atoms with Crippen LogP contribution in [0.25, 0.3) is 0 Å². The molecular formula is C17H19N3O2. The second kappa shape index (κ2) is 5.16. The van der Waals surface area contributed by atoms with Gasteiger partial charge in [0.1, 0.15) is 0 Å². The first-order chi connectivity index (χ1) is 10.7. The molecule has 0 saturated carbocycles. The van der Waals surface area contributed by atoms with E-state index in [1.807, 2.05) is 12.1 Å². The van der Waals surface area contributed by atoms with Crippen molar-refractivity contribution in [1.82, 2.24) is 9.78 Å². The second-order valence-corrected chi connectivity index (χ2v) is 6.09. The molecule has 4 rings (SSSR count). The fourth-order valence-electron chi connectivity index (χ4n) is 3.66. The number of aryl methyl sites for hydroxylation is 2. The van der Waals surface area contributed by atoms with Crippen LogP contribution in [0.15, 0.2) is 24.3 Å². The molecule has 114 valence electrons. The van der Waals surface area contributed by atoms with Crippen LogP contribution in [0, 0.1) is 0 Å². The molecule has 0 radical (unpaired) electrons. The smallest absolute Gasteiger partial charge is 0.336 e. The van der Waals surface area contributed by atoms with E-state index in [-0.39, 0.29) is 0 Å². The molecule has 0 spiro atoms. The number of aromatic nitrogens is 2. The van der Waals surface area contributed by atoms with Crippen LogP contribution in [-0.2, 0) is 25.9 Å². The lowest BCUT2D eigenvalue weighted by molar-refractivity contribution is 0.0695. The van der Waals surface area contributed by atoms with Gasteiger partial charge in [0.15, 0.2) is 0 Å². The van der Waals surface area contributed by atoms with Gasteiger partial charge in [0.05, 0.1) is 17.8 Å². The van der Waals surface area contributed by atoms with Gasteiger partial charge in [-0.1, -0.05) is 6.07 Å². The summed E-state index contributed by atoms with van der Waals surface area (Å²) in [6.45, 7) is 2.74. The number of aromatic carboxylic acids is 1. The summed E-state index contributed by atoms with van der Waals surface area (Å²) in [6.07, 6.45) is 4.14. The first-order valence-electron chi connectivity index (χ1n) is 7.88. The Morgan fingerprint density at radius 1 is 1.23 bits per heavy atom. The number of anilines is 1. The molecule has 1 aromatic heterocycles. The monoisotopic (exact) mass is 297 g/mol. The van der Waals surface area contributed by atoms with E-state index in [0.717, 1.165) is 55.8 Å². The standard InChI is InChI=1S/C17H19N3O2/c21-17(22)15-5-1-7-16-14(15)6-3-8-19(16)11-12-10-13-4-2-9-20(13)18-12/h1,5,7,10H,2-4,6,8-9,11H2,(H,21,22). The van der Waals surface area contributed by atoms with Crippen molar-refractivity contribution in [3.8, 4) is 0 Å². The van der Waals surface area contributed by atoms with Gasteiger partial charge in [0.2, 0.25) is 0 Å². The van der Waals surface area contributed by atoms with Gasteiger partial charge in [0.25, 0.3) is 0 Å². The third-order valence-electron chi connectivity index (χ3n) is 4.65. The van der Waals surface area contributed by atoms with Gasteiger partial charge in [-0.2, -0.15) is 5.10 Å². The van der Waals surface area contributed by atoms with Gasteiger partial charge >= 0.3 is 5.97 Å². The molecule has 2 aromatic rings. The van der Waals surface area contributed by atoms with Crippen molar-refractivity contribution in [1.29, 1.82) is 0 Å². The summed E-state index contributed by atoms with van der Waals surface area (Å²) in [5.74, 6) is -0.834. The van der Waals surface area contributed by atoms with Crippen LogP contribution in [0.5, 0.6) is 0 Å². The third-order valence-corrected chi connectivity index (χ3v) is 4.65. The third kappa shape index (κ3) is 2.17. The van der Waals surface area contributed by atoms with Crippen molar-refractivity contribution >= 4 is 11.7 Å².